The zero-order valence-electron chi connectivity index (χ0n) is 12.5. The average Bonchev–Trinajstić information content (AvgIpc) is 2.45. The summed E-state index contributed by atoms with van der Waals surface area (Å²) in [4.78, 5) is 23.4. The second-order valence-electron chi connectivity index (χ2n) is 5.90. The quantitative estimate of drug-likeness (QED) is 0.769. The molecule has 5 nitrogen and oxygen atoms in total. The summed E-state index contributed by atoms with van der Waals surface area (Å²) in [5.74, 6) is -1.10. The van der Waals surface area contributed by atoms with Gasteiger partial charge in [0.25, 0.3) is 5.91 Å². The van der Waals surface area contributed by atoms with Crippen molar-refractivity contribution in [3.8, 4) is 0 Å². The minimum atomic E-state index is -0.989. The Morgan fingerprint density at radius 3 is 2.76 bits per heavy atom. The third kappa shape index (κ3) is 4.04. The number of amides is 1. The predicted octanol–water partition coefficient (Wildman–Crippen LogP) is 1.56. The van der Waals surface area contributed by atoms with Gasteiger partial charge in [0.1, 0.15) is 6.04 Å². The first kappa shape index (κ1) is 15.5. The lowest BCUT2D eigenvalue weighted by Gasteiger charge is -2.19. The molecule has 1 amide bonds. The van der Waals surface area contributed by atoms with Crippen molar-refractivity contribution >= 4 is 11.9 Å². The molecule has 0 saturated carbocycles. The lowest BCUT2D eigenvalue weighted by Crippen LogP contribution is -2.41. The van der Waals surface area contributed by atoms with Gasteiger partial charge in [0.05, 0.1) is 0 Å². The zero-order chi connectivity index (χ0) is 15.4. The molecule has 1 aliphatic heterocycles. The summed E-state index contributed by atoms with van der Waals surface area (Å²) < 4.78 is 0. The molecule has 2 rings (SSSR count). The molecular formula is C16H22N2O3. The average molecular weight is 290 g/mol. The number of fused-ring (bicyclic) bond motifs is 1. The molecular weight excluding hydrogens is 268 g/mol. The van der Waals surface area contributed by atoms with Gasteiger partial charge in [-0.15, -0.1) is 0 Å². The highest BCUT2D eigenvalue weighted by Gasteiger charge is 2.22. The Balaban J connectivity index is 2.10. The van der Waals surface area contributed by atoms with Gasteiger partial charge < -0.3 is 15.7 Å². The van der Waals surface area contributed by atoms with Crippen LogP contribution in [0.3, 0.4) is 0 Å². The van der Waals surface area contributed by atoms with Crippen LogP contribution in [0.1, 0.15) is 41.8 Å². The number of hydrogen-bond acceptors (Lipinski definition) is 3. The maximum Gasteiger partial charge on any atom is 0.326 e. The van der Waals surface area contributed by atoms with Crippen LogP contribution in [0.5, 0.6) is 0 Å². The fourth-order valence-corrected chi connectivity index (χ4v) is 2.56. The number of benzene rings is 1. The van der Waals surface area contributed by atoms with Crippen LogP contribution in [0.2, 0.25) is 0 Å². The fraction of sp³-hybridized carbons (Fsp3) is 0.500. The largest absolute Gasteiger partial charge is 0.480 e. The van der Waals surface area contributed by atoms with Crippen molar-refractivity contribution in [1.82, 2.24) is 10.6 Å². The summed E-state index contributed by atoms with van der Waals surface area (Å²) in [6.45, 7) is 5.58. The maximum absolute atomic E-state index is 12.2. The van der Waals surface area contributed by atoms with Gasteiger partial charge in [0.15, 0.2) is 0 Å². The Bertz CT molecular complexity index is 540. The number of aliphatic carboxylic acids is 1. The molecule has 1 heterocycles. The van der Waals surface area contributed by atoms with Crippen molar-refractivity contribution < 1.29 is 14.7 Å². The van der Waals surface area contributed by atoms with Crippen LogP contribution >= 0.6 is 0 Å². The molecule has 0 aromatic heterocycles. The Hall–Kier alpha value is -1.88. The van der Waals surface area contributed by atoms with Gasteiger partial charge in [0, 0.05) is 12.1 Å². The van der Waals surface area contributed by atoms with E-state index >= 15 is 0 Å². The van der Waals surface area contributed by atoms with Crippen molar-refractivity contribution in [2.45, 2.75) is 39.3 Å². The lowest BCUT2D eigenvalue weighted by atomic mass is 9.98. The topological polar surface area (TPSA) is 78.4 Å². The number of rotatable bonds is 5. The smallest absolute Gasteiger partial charge is 0.326 e. The summed E-state index contributed by atoms with van der Waals surface area (Å²) in [6, 6.07) is 4.74. The first-order chi connectivity index (χ1) is 9.97. The summed E-state index contributed by atoms with van der Waals surface area (Å²) in [5, 5.41) is 15.1. The van der Waals surface area contributed by atoms with E-state index in [1.165, 1.54) is 5.56 Å². The molecule has 3 N–H and O–H groups in total. The van der Waals surface area contributed by atoms with E-state index < -0.39 is 12.0 Å². The van der Waals surface area contributed by atoms with Gasteiger partial charge >= 0.3 is 5.97 Å². The molecule has 21 heavy (non-hydrogen) atoms. The monoisotopic (exact) mass is 290 g/mol. The van der Waals surface area contributed by atoms with Gasteiger partial charge in [-0.25, -0.2) is 4.79 Å². The SMILES string of the molecule is CC(C)C[C@@H](NC(=O)c1ccc2c(c1)CNCC2)C(=O)O. The Kier molecular flexibility index (Phi) is 4.96. The van der Waals surface area contributed by atoms with Crippen LogP contribution in [0.4, 0.5) is 0 Å². The van der Waals surface area contributed by atoms with E-state index in [9.17, 15) is 14.7 Å². The third-order valence-corrected chi connectivity index (χ3v) is 3.67. The van der Waals surface area contributed by atoms with Gasteiger partial charge in [0.2, 0.25) is 0 Å². The molecule has 1 aromatic rings. The van der Waals surface area contributed by atoms with Crippen LogP contribution in [-0.2, 0) is 17.8 Å². The highest BCUT2D eigenvalue weighted by Crippen LogP contribution is 2.16. The van der Waals surface area contributed by atoms with Gasteiger partial charge in [-0.1, -0.05) is 19.9 Å². The fourth-order valence-electron chi connectivity index (χ4n) is 2.56. The number of carbonyl (C=O) groups is 2. The van der Waals surface area contributed by atoms with Crippen molar-refractivity contribution in [3.05, 3.63) is 34.9 Å². The van der Waals surface area contributed by atoms with E-state index in [4.69, 9.17) is 0 Å². The minimum Gasteiger partial charge on any atom is -0.480 e. The van der Waals surface area contributed by atoms with E-state index in [1.807, 2.05) is 26.0 Å². The molecule has 0 spiro atoms. The molecule has 5 heteroatoms. The number of hydrogen-bond donors (Lipinski definition) is 3. The van der Waals surface area contributed by atoms with E-state index in [1.54, 1.807) is 6.07 Å². The number of carbonyl (C=O) groups excluding carboxylic acids is 1. The first-order valence-electron chi connectivity index (χ1n) is 7.33. The summed E-state index contributed by atoms with van der Waals surface area (Å²) in [5.41, 5.74) is 2.89. The van der Waals surface area contributed by atoms with Crippen LogP contribution < -0.4 is 10.6 Å². The summed E-state index contributed by atoms with van der Waals surface area (Å²) in [6.07, 6.45) is 1.38. The normalized spacial score (nSPS) is 15.4. The molecule has 0 unspecified atom stereocenters. The van der Waals surface area contributed by atoms with E-state index in [-0.39, 0.29) is 11.8 Å². The maximum atomic E-state index is 12.2. The van der Waals surface area contributed by atoms with Gasteiger partial charge in [-0.05, 0) is 48.6 Å². The van der Waals surface area contributed by atoms with E-state index in [2.05, 4.69) is 10.6 Å². The van der Waals surface area contributed by atoms with E-state index in [0.717, 1.165) is 25.1 Å². The Labute approximate surface area is 124 Å². The minimum absolute atomic E-state index is 0.208. The molecule has 0 bridgehead atoms. The number of nitrogens with one attached hydrogen (secondary N) is 2. The second-order valence-corrected chi connectivity index (χ2v) is 5.90. The van der Waals surface area contributed by atoms with Crippen LogP contribution in [-0.4, -0.2) is 29.6 Å². The van der Waals surface area contributed by atoms with Crippen molar-refractivity contribution in [2.24, 2.45) is 5.92 Å². The molecule has 0 saturated heterocycles. The molecule has 0 fully saturated rings. The first-order valence-corrected chi connectivity index (χ1v) is 7.33. The molecule has 0 radical (unpaired) electrons. The lowest BCUT2D eigenvalue weighted by molar-refractivity contribution is -0.139. The van der Waals surface area contributed by atoms with Gasteiger partial charge in [-0.2, -0.15) is 0 Å². The Morgan fingerprint density at radius 2 is 2.10 bits per heavy atom. The zero-order valence-corrected chi connectivity index (χ0v) is 12.5. The highest BCUT2D eigenvalue weighted by molar-refractivity contribution is 5.96. The summed E-state index contributed by atoms with van der Waals surface area (Å²) in [7, 11) is 0. The summed E-state index contributed by atoms with van der Waals surface area (Å²) >= 11 is 0. The highest BCUT2D eigenvalue weighted by atomic mass is 16.4. The van der Waals surface area contributed by atoms with Crippen LogP contribution in [0, 0.1) is 5.92 Å². The third-order valence-electron chi connectivity index (χ3n) is 3.67. The standard InChI is InChI=1S/C16H22N2O3/c1-10(2)7-14(16(20)21)18-15(19)12-4-3-11-5-6-17-9-13(11)8-12/h3-4,8,10,14,17H,5-7,9H2,1-2H3,(H,18,19)(H,20,21)/t14-/m1/s1. The molecule has 1 aromatic carbocycles. The van der Waals surface area contributed by atoms with Crippen molar-refractivity contribution in [2.75, 3.05) is 6.54 Å². The Morgan fingerprint density at radius 1 is 1.33 bits per heavy atom. The molecule has 114 valence electrons. The van der Waals surface area contributed by atoms with Crippen LogP contribution in [0.25, 0.3) is 0 Å². The second kappa shape index (κ2) is 6.72. The van der Waals surface area contributed by atoms with E-state index in [0.29, 0.717) is 12.0 Å². The number of carboxylic acids is 1. The van der Waals surface area contributed by atoms with Crippen LogP contribution in [0.15, 0.2) is 18.2 Å². The van der Waals surface area contributed by atoms with Gasteiger partial charge in [-0.3, -0.25) is 4.79 Å². The predicted molar refractivity (Wildman–Crippen MR) is 80.2 cm³/mol. The molecule has 0 aliphatic carbocycles. The van der Waals surface area contributed by atoms with Crippen molar-refractivity contribution in [3.63, 3.8) is 0 Å². The number of carboxylic acid groups (broad SMARTS) is 1. The van der Waals surface area contributed by atoms with Crippen molar-refractivity contribution in [1.29, 1.82) is 0 Å². The molecule has 1 atom stereocenters. The molecule has 1 aliphatic rings.